The quantitative estimate of drug-likeness (QED) is 0.566. The highest BCUT2D eigenvalue weighted by Gasteiger charge is 2.23. The van der Waals surface area contributed by atoms with Gasteiger partial charge in [0.05, 0.1) is 18.0 Å². The number of thiophene rings is 1. The number of rotatable bonds is 10. The van der Waals surface area contributed by atoms with E-state index in [0.29, 0.717) is 30.8 Å². The van der Waals surface area contributed by atoms with Gasteiger partial charge in [-0.05, 0) is 61.5 Å². The third kappa shape index (κ3) is 6.57. The van der Waals surface area contributed by atoms with Gasteiger partial charge in [-0.1, -0.05) is 24.6 Å². The van der Waals surface area contributed by atoms with Gasteiger partial charge in [0.15, 0.2) is 0 Å². The minimum atomic E-state index is -0.0740. The molecule has 1 atom stereocenters. The van der Waals surface area contributed by atoms with Crippen molar-refractivity contribution in [3.63, 3.8) is 0 Å². The lowest BCUT2D eigenvalue weighted by Crippen LogP contribution is -2.40. The second kappa shape index (κ2) is 11.7. The highest BCUT2D eigenvalue weighted by molar-refractivity contribution is 7.12. The molecule has 0 aliphatic carbocycles. The highest BCUT2D eigenvalue weighted by Crippen LogP contribution is 2.26. The van der Waals surface area contributed by atoms with Crippen LogP contribution in [0.15, 0.2) is 41.8 Å². The molecule has 1 saturated heterocycles. The molecule has 2 heterocycles. The van der Waals surface area contributed by atoms with Crippen LogP contribution in [0.2, 0.25) is 0 Å². The SMILES string of the molecule is COc1ccc(C(CNC(=O)CCCNC(=O)c2cccs2)N2CCCCC2)cc1. The first-order valence-electron chi connectivity index (χ1n) is 10.6. The van der Waals surface area contributed by atoms with Crippen LogP contribution in [0.4, 0.5) is 0 Å². The van der Waals surface area contributed by atoms with Crippen molar-refractivity contribution in [3.8, 4) is 5.75 Å². The number of benzene rings is 1. The van der Waals surface area contributed by atoms with Crippen LogP contribution in [0.1, 0.15) is 53.4 Å². The zero-order valence-electron chi connectivity index (χ0n) is 17.6. The van der Waals surface area contributed by atoms with E-state index in [2.05, 4.69) is 27.7 Å². The summed E-state index contributed by atoms with van der Waals surface area (Å²) in [4.78, 5) is 27.5. The molecule has 6 nitrogen and oxygen atoms in total. The number of hydrogen-bond acceptors (Lipinski definition) is 5. The van der Waals surface area contributed by atoms with Crippen LogP contribution in [-0.2, 0) is 4.79 Å². The van der Waals surface area contributed by atoms with Crippen molar-refractivity contribution < 1.29 is 14.3 Å². The first-order chi connectivity index (χ1) is 14.7. The van der Waals surface area contributed by atoms with E-state index in [1.165, 1.54) is 36.2 Å². The van der Waals surface area contributed by atoms with E-state index < -0.39 is 0 Å². The van der Waals surface area contributed by atoms with Crippen LogP contribution < -0.4 is 15.4 Å². The molecule has 162 valence electrons. The van der Waals surface area contributed by atoms with Crippen LogP contribution in [-0.4, -0.2) is 50.0 Å². The summed E-state index contributed by atoms with van der Waals surface area (Å²) in [6, 6.07) is 11.9. The third-order valence-electron chi connectivity index (χ3n) is 5.44. The zero-order chi connectivity index (χ0) is 21.2. The van der Waals surface area contributed by atoms with Gasteiger partial charge in [-0.2, -0.15) is 0 Å². The van der Waals surface area contributed by atoms with E-state index in [0.717, 1.165) is 18.8 Å². The number of amides is 2. The number of likely N-dealkylation sites (tertiary alicyclic amines) is 1. The first kappa shape index (κ1) is 22.3. The van der Waals surface area contributed by atoms with E-state index in [-0.39, 0.29) is 17.9 Å². The summed E-state index contributed by atoms with van der Waals surface area (Å²) >= 11 is 1.42. The second-order valence-corrected chi connectivity index (χ2v) is 8.47. The molecule has 0 bridgehead atoms. The monoisotopic (exact) mass is 429 g/mol. The van der Waals surface area contributed by atoms with E-state index >= 15 is 0 Å². The molecule has 3 rings (SSSR count). The van der Waals surface area contributed by atoms with Gasteiger partial charge in [-0.3, -0.25) is 14.5 Å². The summed E-state index contributed by atoms with van der Waals surface area (Å²) in [5.41, 5.74) is 1.20. The average Bonchev–Trinajstić information content (AvgIpc) is 3.33. The summed E-state index contributed by atoms with van der Waals surface area (Å²) in [7, 11) is 1.67. The topological polar surface area (TPSA) is 70.7 Å². The Morgan fingerprint density at radius 3 is 2.53 bits per heavy atom. The zero-order valence-corrected chi connectivity index (χ0v) is 18.4. The van der Waals surface area contributed by atoms with E-state index in [4.69, 9.17) is 4.74 Å². The summed E-state index contributed by atoms with van der Waals surface area (Å²) < 4.78 is 5.28. The fourth-order valence-corrected chi connectivity index (χ4v) is 4.40. The third-order valence-corrected chi connectivity index (χ3v) is 6.30. The molecule has 0 radical (unpaired) electrons. The predicted molar refractivity (Wildman–Crippen MR) is 120 cm³/mol. The smallest absolute Gasteiger partial charge is 0.261 e. The van der Waals surface area contributed by atoms with Crippen molar-refractivity contribution in [1.29, 1.82) is 0 Å². The number of ether oxygens (including phenoxy) is 1. The summed E-state index contributed by atoms with van der Waals surface area (Å²) in [5.74, 6) is 0.788. The van der Waals surface area contributed by atoms with Crippen LogP contribution in [0.3, 0.4) is 0 Å². The Balaban J connectivity index is 1.46. The molecule has 0 spiro atoms. The molecule has 2 N–H and O–H groups in total. The molecular weight excluding hydrogens is 398 g/mol. The van der Waals surface area contributed by atoms with Crippen molar-refractivity contribution in [2.75, 3.05) is 33.3 Å². The number of carbonyl (C=O) groups excluding carboxylic acids is 2. The van der Waals surface area contributed by atoms with Crippen molar-refractivity contribution in [1.82, 2.24) is 15.5 Å². The largest absolute Gasteiger partial charge is 0.497 e. The molecule has 1 fully saturated rings. The van der Waals surface area contributed by atoms with Crippen LogP contribution in [0.25, 0.3) is 0 Å². The lowest BCUT2D eigenvalue weighted by atomic mass is 10.0. The van der Waals surface area contributed by atoms with Crippen molar-refractivity contribution in [3.05, 3.63) is 52.2 Å². The lowest BCUT2D eigenvalue weighted by Gasteiger charge is -2.35. The Hall–Kier alpha value is -2.38. The molecule has 2 aromatic rings. The van der Waals surface area contributed by atoms with Crippen molar-refractivity contribution >= 4 is 23.2 Å². The number of carbonyl (C=O) groups is 2. The molecule has 30 heavy (non-hydrogen) atoms. The highest BCUT2D eigenvalue weighted by atomic mass is 32.1. The van der Waals surface area contributed by atoms with Crippen LogP contribution >= 0.6 is 11.3 Å². The Morgan fingerprint density at radius 1 is 1.10 bits per heavy atom. The Bertz CT molecular complexity index is 787. The molecule has 1 aliphatic rings. The van der Waals surface area contributed by atoms with E-state index in [1.807, 2.05) is 23.6 Å². The van der Waals surface area contributed by atoms with Gasteiger partial charge in [0, 0.05) is 19.5 Å². The van der Waals surface area contributed by atoms with E-state index in [1.54, 1.807) is 13.2 Å². The number of piperidine rings is 1. The molecule has 7 heteroatoms. The molecule has 1 unspecified atom stereocenters. The number of methoxy groups -OCH3 is 1. The number of nitrogens with zero attached hydrogens (tertiary/aromatic N) is 1. The normalized spacial score (nSPS) is 15.4. The van der Waals surface area contributed by atoms with Gasteiger partial charge in [-0.15, -0.1) is 11.3 Å². The average molecular weight is 430 g/mol. The molecule has 2 amide bonds. The Labute approximate surface area is 182 Å². The van der Waals surface area contributed by atoms with Crippen LogP contribution in [0, 0.1) is 0 Å². The first-order valence-corrected chi connectivity index (χ1v) is 11.5. The van der Waals surface area contributed by atoms with Crippen LogP contribution in [0.5, 0.6) is 5.75 Å². The Morgan fingerprint density at radius 2 is 1.87 bits per heavy atom. The summed E-state index contributed by atoms with van der Waals surface area (Å²) in [6.07, 6.45) is 4.70. The maximum absolute atomic E-state index is 12.4. The fraction of sp³-hybridized carbons (Fsp3) is 0.478. The summed E-state index contributed by atoms with van der Waals surface area (Å²) in [6.45, 7) is 3.20. The van der Waals surface area contributed by atoms with Gasteiger partial charge in [0.2, 0.25) is 5.91 Å². The fourth-order valence-electron chi connectivity index (χ4n) is 3.76. The molecule has 1 aromatic carbocycles. The predicted octanol–water partition coefficient (Wildman–Crippen LogP) is 3.61. The maximum atomic E-state index is 12.4. The second-order valence-electron chi connectivity index (χ2n) is 7.53. The van der Waals surface area contributed by atoms with Gasteiger partial charge in [-0.25, -0.2) is 0 Å². The minimum Gasteiger partial charge on any atom is -0.497 e. The molecular formula is C23H31N3O3S. The number of nitrogens with one attached hydrogen (secondary N) is 2. The molecule has 1 aromatic heterocycles. The maximum Gasteiger partial charge on any atom is 0.261 e. The standard InChI is InChI=1S/C23H31N3O3S/c1-29-19-11-9-18(10-12-19)20(26-14-3-2-4-15-26)17-25-22(27)8-5-13-24-23(28)21-7-6-16-30-21/h6-7,9-12,16,20H,2-5,8,13-15,17H2,1H3,(H,24,28)(H,25,27). The van der Waals surface area contributed by atoms with Gasteiger partial charge < -0.3 is 15.4 Å². The van der Waals surface area contributed by atoms with Gasteiger partial charge >= 0.3 is 0 Å². The lowest BCUT2D eigenvalue weighted by molar-refractivity contribution is -0.121. The van der Waals surface area contributed by atoms with Gasteiger partial charge in [0.1, 0.15) is 5.75 Å². The molecule has 0 saturated carbocycles. The van der Waals surface area contributed by atoms with E-state index in [9.17, 15) is 9.59 Å². The van der Waals surface area contributed by atoms with Crippen molar-refractivity contribution in [2.24, 2.45) is 0 Å². The van der Waals surface area contributed by atoms with Crippen molar-refractivity contribution in [2.45, 2.75) is 38.1 Å². The Kier molecular flexibility index (Phi) is 8.71. The molecule has 1 aliphatic heterocycles. The minimum absolute atomic E-state index is 0.0240. The van der Waals surface area contributed by atoms with Gasteiger partial charge in [0.25, 0.3) is 5.91 Å². The summed E-state index contributed by atoms with van der Waals surface area (Å²) in [5, 5.41) is 7.84. The number of hydrogen-bond donors (Lipinski definition) is 2.